The molecule has 0 bridgehead atoms. The zero-order valence-corrected chi connectivity index (χ0v) is 19.8. The van der Waals surface area contributed by atoms with Gasteiger partial charge in [-0.2, -0.15) is 0 Å². The molecule has 4 heteroatoms. The predicted molar refractivity (Wildman–Crippen MR) is 105 cm³/mol. The average molecular weight is 450 g/mol. The van der Waals surface area contributed by atoms with Crippen molar-refractivity contribution in [1.82, 2.24) is 0 Å². The summed E-state index contributed by atoms with van der Waals surface area (Å²) in [6, 6.07) is 0. The van der Waals surface area contributed by atoms with Gasteiger partial charge in [0, 0.05) is 0 Å². The van der Waals surface area contributed by atoms with Gasteiger partial charge < -0.3 is 0 Å². The molecule has 0 fully saturated rings. The van der Waals surface area contributed by atoms with Crippen LogP contribution >= 0.6 is 0 Å². The molecule has 0 aliphatic heterocycles. The normalized spacial score (nSPS) is 11.8. The third kappa shape index (κ3) is 16.2. The van der Waals surface area contributed by atoms with Crippen LogP contribution in [-0.4, -0.2) is 40.8 Å². The molecule has 0 amide bonds. The first-order valence-corrected chi connectivity index (χ1v) is 14.0. The molecule has 0 aromatic heterocycles. The van der Waals surface area contributed by atoms with E-state index < -0.39 is 21.0 Å². The van der Waals surface area contributed by atoms with Gasteiger partial charge in [-0.3, -0.25) is 0 Å². The first kappa shape index (κ1) is 24.7. The van der Waals surface area contributed by atoms with Gasteiger partial charge in [-0.1, -0.05) is 0 Å². The van der Waals surface area contributed by atoms with Gasteiger partial charge in [0.1, 0.15) is 0 Å². The molecule has 0 aromatic carbocycles. The van der Waals surface area contributed by atoms with Crippen molar-refractivity contribution >= 4 is 21.0 Å². The molecule has 145 valence electrons. The summed E-state index contributed by atoms with van der Waals surface area (Å²) in [7, 11) is 0. The Kier molecular flexibility index (Phi) is 20.6. The van der Waals surface area contributed by atoms with E-state index in [1.165, 1.54) is 57.8 Å². The van der Waals surface area contributed by atoms with Gasteiger partial charge >= 0.3 is 161 Å². The van der Waals surface area contributed by atoms with Crippen molar-refractivity contribution < 1.29 is 9.22 Å². The van der Waals surface area contributed by atoms with Gasteiger partial charge in [0.25, 0.3) is 0 Å². The van der Waals surface area contributed by atoms with E-state index in [-0.39, 0.29) is 0 Å². The molecule has 0 unspecified atom stereocenters. The van der Waals surface area contributed by atoms with E-state index in [0.29, 0.717) is 0 Å². The summed E-state index contributed by atoms with van der Waals surface area (Å²) in [5, 5.41) is 0. The molecule has 1 radical (unpaired) electrons. The van der Waals surface area contributed by atoms with Crippen LogP contribution in [0.3, 0.4) is 0 Å². The van der Waals surface area contributed by atoms with Crippen LogP contribution in [0.1, 0.15) is 105 Å². The molecule has 0 saturated heterocycles. The Morgan fingerprint density at radius 3 is 1.33 bits per heavy atom. The van der Waals surface area contributed by atoms with Gasteiger partial charge in [0.2, 0.25) is 0 Å². The van der Waals surface area contributed by atoms with Gasteiger partial charge in [-0.25, -0.2) is 0 Å². The summed E-state index contributed by atoms with van der Waals surface area (Å²) in [4.78, 5) is 0. The van der Waals surface area contributed by atoms with Crippen molar-refractivity contribution in [3.05, 3.63) is 0 Å². The zero-order chi connectivity index (χ0) is 17.9. The van der Waals surface area contributed by atoms with Crippen LogP contribution in [0.2, 0.25) is 0 Å². The van der Waals surface area contributed by atoms with E-state index in [2.05, 4.69) is 27.7 Å². The molecule has 0 atom stereocenters. The number of unbranched alkanes of at least 4 members (excludes halogenated alkanes) is 4. The van der Waals surface area contributed by atoms with Crippen LogP contribution in [0.15, 0.2) is 0 Å². The average Bonchev–Trinajstić information content (AvgIpc) is 2.60. The minimum absolute atomic E-state index is 0.813. The molecule has 0 aliphatic carbocycles. The summed E-state index contributed by atoms with van der Waals surface area (Å²) in [6.07, 6.45) is 15.2. The van der Waals surface area contributed by atoms with Crippen LogP contribution in [0.25, 0.3) is 0 Å². The third-order valence-electron chi connectivity index (χ3n) is 4.34. The van der Waals surface area contributed by atoms with Crippen LogP contribution < -0.4 is 0 Å². The Balaban J connectivity index is 3.96. The standard InChI is InChI=1S/C12H25O.2C4H9O.Sn/c1-3-5-8-12(9-6-4-2)10-7-11-13;2*1-2-3-4-5;/h12H,3-11H2,1-2H3;2*2-4H2,1H3;/q3*-1;+3. The molecule has 3 nitrogen and oxygen atoms in total. The van der Waals surface area contributed by atoms with Crippen molar-refractivity contribution in [1.29, 1.82) is 0 Å². The van der Waals surface area contributed by atoms with Gasteiger partial charge in [-0.15, -0.1) is 0 Å². The van der Waals surface area contributed by atoms with E-state index >= 15 is 0 Å². The Bertz CT molecular complexity index is 221. The van der Waals surface area contributed by atoms with Crippen molar-refractivity contribution in [2.75, 3.05) is 19.8 Å². The fourth-order valence-corrected chi connectivity index (χ4v) is 6.05. The number of hydrogen-bond donors (Lipinski definition) is 0. The number of rotatable bonds is 19. The molecule has 0 saturated carbocycles. The van der Waals surface area contributed by atoms with Crippen LogP contribution in [-0.2, 0) is 9.22 Å². The van der Waals surface area contributed by atoms with Crippen molar-refractivity contribution in [2.24, 2.45) is 5.92 Å². The Morgan fingerprint density at radius 2 is 0.917 bits per heavy atom. The molecular weight excluding hydrogens is 407 g/mol. The second-order valence-corrected chi connectivity index (χ2v) is 10.7. The Hall–Kier alpha value is 0.679. The van der Waals surface area contributed by atoms with Crippen molar-refractivity contribution in [3.63, 3.8) is 0 Å². The van der Waals surface area contributed by atoms with E-state index in [1.54, 1.807) is 0 Å². The maximum atomic E-state index is 6.05. The van der Waals surface area contributed by atoms with Gasteiger partial charge in [0.05, 0.1) is 0 Å². The molecular formula is C20H43O3Sn. The summed E-state index contributed by atoms with van der Waals surface area (Å²) in [5.74, 6) is 0.891. The Morgan fingerprint density at radius 1 is 0.542 bits per heavy atom. The first-order chi connectivity index (χ1) is 11.8. The minimum atomic E-state index is -2.50. The van der Waals surface area contributed by atoms with Crippen molar-refractivity contribution in [3.8, 4) is 0 Å². The first-order valence-electron chi connectivity index (χ1n) is 10.5. The molecule has 0 N–H and O–H groups in total. The number of hydrogen-bond acceptors (Lipinski definition) is 3. The molecule has 0 aromatic rings. The fraction of sp³-hybridized carbons (Fsp3) is 1.00. The summed E-state index contributed by atoms with van der Waals surface area (Å²) in [6.45, 7) is 11.4. The van der Waals surface area contributed by atoms with Crippen LogP contribution in [0.4, 0.5) is 0 Å². The van der Waals surface area contributed by atoms with Gasteiger partial charge in [-0.05, 0) is 0 Å². The summed E-state index contributed by atoms with van der Waals surface area (Å²) < 4.78 is 17.9. The van der Waals surface area contributed by atoms with E-state index in [4.69, 9.17) is 9.22 Å². The Labute approximate surface area is 160 Å². The molecule has 0 aliphatic rings. The molecule has 0 spiro atoms. The fourth-order valence-electron chi connectivity index (χ4n) is 2.67. The second kappa shape index (κ2) is 20.0. The third-order valence-corrected chi connectivity index (χ3v) is 8.11. The predicted octanol–water partition coefficient (Wildman–Crippen LogP) is 6.40. The SMILES string of the molecule is CCCC[O][Sn]([O]CCCC)[O]CCCC(CCCC)CCCC. The van der Waals surface area contributed by atoms with E-state index in [1.807, 2.05) is 0 Å². The van der Waals surface area contributed by atoms with Crippen LogP contribution in [0, 0.1) is 5.92 Å². The molecule has 0 heterocycles. The van der Waals surface area contributed by atoms with Crippen LogP contribution in [0.5, 0.6) is 0 Å². The maximum absolute atomic E-state index is 6.05. The van der Waals surface area contributed by atoms with Gasteiger partial charge in [0.15, 0.2) is 0 Å². The summed E-state index contributed by atoms with van der Waals surface area (Å²) in [5.41, 5.74) is 0. The molecule has 24 heavy (non-hydrogen) atoms. The monoisotopic (exact) mass is 451 g/mol. The quantitative estimate of drug-likeness (QED) is 0.168. The molecule has 0 rings (SSSR count). The topological polar surface area (TPSA) is 27.7 Å². The second-order valence-electron chi connectivity index (χ2n) is 6.80. The zero-order valence-electron chi connectivity index (χ0n) is 16.9. The van der Waals surface area contributed by atoms with E-state index in [9.17, 15) is 0 Å². The van der Waals surface area contributed by atoms with Crippen molar-refractivity contribution in [2.45, 2.75) is 105 Å². The van der Waals surface area contributed by atoms with E-state index in [0.717, 1.165) is 45.0 Å². The summed E-state index contributed by atoms with van der Waals surface area (Å²) >= 11 is -2.50.